The summed E-state index contributed by atoms with van der Waals surface area (Å²) >= 11 is 9.12. The van der Waals surface area contributed by atoms with Gasteiger partial charge < -0.3 is 0 Å². The number of ketones is 1. The van der Waals surface area contributed by atoms with Crippen molar-refractivity contribution in [3.63, 3.8) is 0 Å². The lowest BCUT2D eigenvalue weighted by molar-refractivity contribution is 0.0986. The number of Topliss-reactive ketones (excluding diaryl/α,β-unsaturated/α-hetero) is 1. The lowest BCUT2D eigenvalue weighted by atomic mass is 10.1. The van der Waals surface area contributed by atoms with E-state index >= 15 is 0 Å². The Morgan fingerprint density at radius 1 is 1.50 bits per heavy atom. The second-order valence-corrected chi connectivity index (χ2v) is 5.64. The Hall–Kier alpha value is -1.20. The summed E-state index contributed by atoms with van der Waals surface area (Å²) in [5.41, 5.74) is 1.66. The van der Waals surface area contributed by atoms with E-state index in [0.717, 1.165) is 28.3 Å². The SMILES string of the molecule is CCc1nn(C)c(CC(=O)c2ccc(Cl)cc2F)c1Br. The zero-order chi connectivity index (χ0) is 14.9. The van der Waals surface area contributed by atoms with Gasteiger partial charge in [0.05, 0.1) is 27.8 Å². The van der Waals surface area contributed by atoms with Crippen LogP contribution >= 0.6 is 27.5 Å². The molecule has 1 aromatic carbocycles. The third kappa shape index (κ3) is 2.94. The summed E-state index contributed by atoms with van der Waals surface area (Å²) in [6.45, 7) is 1.98. The molecular weight excluding hydrogens is 347 g/mol. The van der Waals surface area contributed by atoms with Crippen LogP contribution in [0.1, 0.15) is 28.7 Å². The van der Waals surface area contributed by atoms with Crippen LogP contribution in [0.5, 0.6) is 0 Å². The van der Waals surface area contributed by atoms with Crippen molar-refractivity contribution in [3.05, 3.63) is 50.5 Å². The van der Waals surface area contributed by atoms with E-state index in [1.54, 1.807) is 11.7 Å². The molecule has 2 aromatic rings. The van der Waals surface area contributed by atoms with E-state index in [0.29, 0.717) is 0 Å². The summed E-state index contributed by atoms with van der Waals surface area (Å²) in [6.07, 6.45) is 0.848. The summed E-state index contributed by atoms with van der Waals surface area (Å²) in [5, 5.41) is 4.59. The Kier molecular flexibility index (Phi) is 4.60. The maximum atomic E-state index is 13.7. The van der Waals surface area contributed by atoms with Gasteiger partial charge in [-0.3, -0.25) is 9.48 Å². The van der Waals surface area contributed by atoms with Gasteiger partial charge in [0, 0.05) is 12.1 Å². The molecule has 20 heavy (non-hydrogen) atoms. The molecule has 3 nitrogen and oxygen atoms in total. The molecule has 1 heterocycles. The van der Waals surface area contributed by atoms with Gasteiger partial charge in [-0.25, -0.2) is 4.39 Å². The lowest BCUT2D eigenvalue weighted by Crippen LogP contribution is -2.10. The van der Waals surface area contributed by atoms with Crippen molar-refractivity contribution >= 4 is 33.3 Å². The number of carbonyl (C=O) groups excluding carboxylic acids is 1. The van der Waals surface area contributed by atoms with Crippen LogP contribution in [0.3, 0.4) is 0 Å². The summed E-state index contributed by atoms with van der Waals surface area (Å²) in [5.74, 6) is -0.901. The maximum absolute atomic E-state index is 13.7. The molecule has 0 saturated carbocycles. The van der Waals surface area contributed by atoms with Gasteiger partial charge in [-0.2, -0.15) is 5.10 Å². The predicted molar refractivity (Wildman–Crippen MR) is 79.7 cm³/mol. The van der Waals surface area contributed by atoms with E-state index in [2.05, 4.69) is 21.0 Å². The smallest absolute Gasteiger partial charge is 0.171 e. The number of aromatic nitrogens is 2. The maximum Gasteiger partial charge on any atom is 0.171 e. The molecule has 0 amide bonds. The fourth-order valence-corrected chi connectivity index (χ4v) is 2.89. The molecule has 0 radical (unpaired) electrons. The normalized spacial score (nSPS) is 10.8. The molecule has 0 fully saturated rings. The number of carbonyl (C=O) groups is 1. The minimum absolute atomic E-state index is 0.0422. The standard InChI is InChI=1S/C14H13BrClFN2O/c1-3-11-14(15)12(19(2)18-11)7-13(20)9-5-4-8(16)6-10(9)17/h4-6H,3,7H2,1-2H3. The topological polar surface area (TPSA) is 34.9 Å². The molecule has 0 saturated heterocycles. The van der Waals surface area contributed by atoms with Crippen molar-refractivity contribution in [3.8, 4) is 0 Å². The van der Waals surface area contributed by atoms with Gasteiger partial charge in [0.2, 0.25) is 0 Å². The van der Waals surface area contributed by atoms with Crippen LogP contribution in [0.4, 0.5) is 4.39 Å². The van der Waals surface area contributed by atoms with Gasteiger partial charge in [0.25, 0.3) is 0 Å². The minimum atomic E-state index is -0.600. The third-order valence-corrected chi connectivity index (χ3v) is 4.21. The molecule has 0 aliphatic carbocycles. The first-order valence-corrected chi connectivity index (χ1v) is 7.29. The van der Waals surface area contributed by atoms with Gasteiger partial charge in [0.1, 0.15) is 5.82 Å². The van der Waals surface area contributed by atoms with Gasteiger partial charge in [0.15, 0.2) is 5.78 Å². The van der Waals surface area contributed by atoms with Crippen LogP contribution < -0.4 is 0 Å². The highest BCUT2D eigenvalue weighted by Gasteiger charge is 2.19. The molecule has 0 atom stereocenters. The number of halogens is 3. The monoisotopic (exact) mass is 358 g/mol. The Morgan fingerprint density at radius 3 is 2.75 bits per heavy atom. The Bertz CT molecular complexity index is 669. The van der Waals surface area contributed by atoms with E-state index in [1.807, 2.05) is 6.92 Å². The lowest BCUT2D eigenvalue weighted by Gasteiger charge is -2.04. The second-order valence-electron chi connectivity index (χ2n) is 4.41. The van der Waals surface area contributed by atoms with Crippen LogP contribution in [0, 0.1) is 5.82 Å². The van der Waals surface area contributed by atoms with E-state index < -0.39 is 5.82 Å². The minimum Gasteiger partial charge on any atom is -0.294 e. The van der Waals surface area contributed by atoms with Gasteiger partial charge in [-0.15, -0.1) is 0 Å². The molecule has 2 rings (SSSR count). The van der Waals surface area contributed by atoms with Crippen molar-refractivity contribution in [1.29, 1.82) is 0 Å². The van der Waals surface area contributed by atoms with E-state index in [1.165, 1.54) is 12.1 Å². The fourth-order valence-electron chi connectivity index (χ4n) is 1.97. The molecule has 0 spiro atoms. The molecule has 0 unspecified atom stereocenters. The number of rotatable bonds is 4. The van der Waals surface area contributed by atoms with Crippen LogP contribution in [0.25, 0.3) is 0 Å². The largest absolute Gasteiger partial charge is 0.294 e. The quantitative estimate of drug-likeness (QED) is 0.774. The van der Waals surface area contributed by atoms with Gasteiger partial charge in [-0.1, -0.05) is 18.5 Å². The molecule has 0 aliphatic heterocycles. The van der Waals surface area contributed by atoms with Gasteiger partial charge >= 0.3 is 0 Å². The van der Waals surface area contributed by atoms with E-state index in [4.69, 9.17) is 11.6 Å². The number of hydrogen-bond acceptors (Lipinski definition) is 2. The van der Waals surface area contributed by atoms with E-state index in [-0.39, 0.29) is 22.8 Å². The van der Waals surface area contributed by atoms with Crippen LogP contribution in [-0.4, -0.2) is 15.6 Å². The molecule has 106 valence electrons. The van der Waals surface area contributed by atoms with Crippen molar-refractivity contribution in [2.75, 3.05) is 0 Å². The van der Waals surface area contributed by atoms with Crippen LogP contribution in [0.15, 0.2) is 22.7 Å². The van der Waals surface area contributed by atoms with Crippen molar-refractivity contribution in [2.45, 2.75) is 19.8 Å². The fraction of sp³-hybridized carbons (Fsp3) is 0.286. The Morgan fingerprint density at radius 2 is 2.20 bits per heavy atom. The molecule has 0 bridgehead atoms. The molecule has 0 N–H and O–H groups in total. The number of hydrogen-bond donors (Lipinski definition) is 0. The number of aryl methyl sites for hydroxylation is 2. The average Bonchev–Trinajstić information content (AvgIpc) is 2.66. The Labute approximate surface area is 129 Å². The van der Waals surface area contributed by atoms with E-state index in [9.17, 15) is 9.18 Å². The second kappa shape index (κ2) is 6.06. The molecule has 1 aromatic heterocycles. The number of nitrogens with zero attached hydrogens (tertiary/aromatic N) is 2. The zero-order valence-corrected chi connectivity index (χ0v) is 13.4. The molecular formula is C14H13BrClFN2O. The first kappa shape index (κ1) is 15.2. The average molecular weight is 360 g/mol. The zero-order valence-electron chi connectivity index (χ0n) is 11.1. The summed E-state index contributed by atoms with van der Waals surface area (Å²) < 4.78 is 16.2. The number of benzene rings is 1. The predicted octanol–water partition coefficient (Wildman–Crippen LogP) is 3.96. The van der Waals surface area contributed by atoms with Crippen molar-refractivity contribution < 1.29 is 9.18 Å². The highest BCUT2D eigenvalue weighted by molar-refractivity contribution is 9.10. The first-order valence-electron chi connectivity index (χ1n) is 6.12. The molecule has 6 heteroatoms. The summed E-state index contributed by atoms with van der Waals surface area (Å²) in [6, 6.07) is 4.06. The molecule has 0 aliphatic rings. The Balaban J connectivity index is 2.30. The van der Waals surface area contributed by atoms with Crippen LogP contribution in [0.2, 0.25) is 5.02 Å². The summed E-state index contributed by atoms with van der Waals surface area (Å²) in [7, 11) is 1.77. The van der Waals surface area contributed by atoms with Gasteiger partial charge in [-0.05, 0) is 40.5 Å². The first-order chi connectivity index (χ1) is 9.43. The highest BCUT2D eigenvalue weighted by Crippen LogP contribution is 2.24. The summed E-state index contributed by atoms with van der Waals surface area (Å²) in [4.78, 5) is 12.2. The third-order valence-electron chi connectivity index (χ3n) is 3.06. The van der Waals surface area contributed by atoms with Crippen molar-refractivity contribution in [1.82, 2.24) is 9.78 Å². The highest BCUT2D eigenvalue weighted by atomic mass is 79.9. The van der Waals surface area contributed by atoms with Crippen molar-refractivity contribution in [2.24, 2.45) is 7.05 Å². The van der Waals surface area contributed by atoms with Crippen LogP contribution in [-0.2, 0) is 19.9 Å².